The predicted octanol–water partition coefficient (Wildman–Crippen LogP) is 3.70. The third-order valence-electron chi connectivity index (χ3n) is 3.60. The third kappa shape index (κ3) is 5.49. The lowest BCUT2D eigenvalue weighted by Crippen LogP contribution is -2.31. The van der Waals surface area contributed by atoms with Gasteiger partial charge in [0.2, 0.25) is 0 Å². The Balaban J connectivity index is 2.73. The summed E-state index contributed by atoms with van der Waals surface area (Å²) >= 11 is 0. The van der Waals surface area contributed by atoms with Crippen LogP contribution >= 0.6 is 0 Å². The number of aromatic nitrogens is 1. The first kappa shape index (κ1) is 17.0. The van der Waals surface area contributed by atoms with Crippen LogP contribution in [0.15, 0.2) is 18.5 Å². The molecule has 114 valence electrons. The standard InChI is InChI=1S/C17H31N3/c1-13(2)9-15(5)20(6)17-7-8-18-11-16(17)12-19-10-14(3)4/h7-8,11,13-15,19H,9-10,12H2,1-6H3. The van der Waals surface area contributed by atoms with Gasteiger partial charge in [-0.25, -0.2) is 0 Å². The molecule has 0 saturated carbocycles. The molecule has 1 heterocycles. The highest BCUT2D eigenvalue weighted by Crippen LogP contribution is 2.22. The molecule has 0 bridgehead atoms. The summed E-state index contributed by atoms with van der Waals surface area (Å²) in [5, 5.41) is 3.51. The van der Waals surface area contributed by atoms with E-state index in [4.69, 9.17) is 0 Å². The van der Waals surface area contributed by atoms with Crippen LogP contribution in [0.3, 0.4) is 0 Å². The Bertz CT molecular complexity index is 388. The van der Waals surface area contributed by atoms with Gasteiger partial charge in [0.05, 0.1) is 0 Å². The first-order chi connectivity index (χ1) is 9.41. The monoisotopic (exact) mass is 277 g/mol. The molecule has 1 atom stereocenters. The lowest BCUT2D eigenvalue weighted by atomic mass is 10.0. The van der Waals surface area contributed by atoms with Crippen molar-refractivity contribution in [1.29, 1.82) is 0 Å². The van der Waals surface area contributed by atoms with Gasteiger partial charge in [0, 0.05) is 43.3 Å². The SMILES string of the molecule is CC(C)CNCc1cnccc1N(C)C(C)CC(C)C. The van der Waals surface area contributed by atoms with Gasteiger partial charge >= 0.3 is 0 Å². The summed E-state index contributed by atoms with van der Waals surface area (Å²) in [7, 11) is 2.19. The number of nitrogens with one attached hydrogen (secondary N) is 1. The molecule has 1 aromatic heterocycles. The van der Waals surface area contributed by atoms with Gasteiger partial charge in [-0.3, -0.25) is 4.98 Å². The molecular formula is C17H31N3. The van der Waals surface area contributed by atoms with Gasteiger partial charge in [0.1, 0.15) is 0 Å². The van der Waals surface area contributed by atoms with Crippen LogP contribution in [-0.2, 0) is 6.54 Å². The summed E-state index contributed by atoms with van der Waals surface area (Å²) in [6, 6.07) is 2.67. The number of nitrogens with zero attached hydrogens (tertiary/aromatic N) is 2. The van der Waals surface area contributed by atoms with Crippen molar-refractivity contribution in [2.45, 2.75) is 53.6 Å². The maximum Gasteiger partial charge on any atom is 0.0442 e. The second-order valence-electron chi connectivity index (χ2n) is 6.62. The number of rotatable bonds is 8. The molecule has 0 aliphatic carbocycles. The van der Waals surface area contributed by atoms with E-state index in [2.05, 4.69) is 62.9 Å². The van der Waals surface area contributed by atoms with E-state index in [1.165, 1.54) is 17.7 Å². The Kier molecular flexibility index (Phi) is 7.00. The molecule has 0 aliphatic rings. The van der Waals surface area contributed by atoms with Crippen LogP contribution in [-0.4, -0.2) is 24.6 Å². The zero-order valence-corrected chi connectivity index (χ0v) is 14.0. The quantitative estimate of drug-likeness (QED) is 0.785. The Morgan fingerprint density at radius 1 is 1.15 bits per heavy atom. The number of hydrogen-bond acceptors (Lipinski definition) is 3. The summed E-state index contributed by atoms with van der Waals surface area (Å²) in [5.41, 5.74) is 2.58. The zero-order chi connectivity index (χ0) is 15.1. The van der Waals surface area contributed by atoms with Crippen LogP contribution in [0.25, 0.3) is 0 Å². The smallest absolute Gasteiger partial charge is 0.0442 e. The molecule has 1 rings (SSSR count). The molecule has 20 heavy (non-hydrogen) atoms. The van der Waals surface area contributed by atoms with Crippen LogP contribution in [0.2, 0.25) is 0 Å². The maximum atomic E-state index is 4.28. The molecule has 0 saturated heterocycles. The Hall–Kier alpha value is -1.09. The number of anilines is 1. The predicted molar refractivity (Wildman–Crippen MR) is 88.1 cm³/mol. The topological polar surface area (TPSA) is 28.2 Å². The highest BCUT2D eigenvalue weighted by molar-refractivity contribution is 5.52. The zero-order valence-electron chi connectivity index (χ0n) is 14.0. The fraction of sp³-hybridized carbons (Fsp3) is 0.706. The molecule has 3 nitrogen and oxygen atoms in total. The average Bonchev–Trinajstić information content (AvgIpc) is 2.37. The summed E-state index contributed by atoms with van der Waals surface area (Å²) in [5.74, 6) is 1.39. The molecule has 1 aromatic rings. The van der Waals surface area contributed by atoms with E-state index in [1.54, 1.807) is 0 Å². The maximum absolute atomic E-state index is 4.28. The van der Waals surface area contributed by atoms with Gasteiger partial charge in [-0.1, -0.05) is 27.7 Å². The van der Waals surface area contributed by atoms with Gasteiger partial charge in [-0.05, 0) is 37.8 Å². The summed E-state index contributed by atoms with van der Waals surface area (Å²) in [4.78, 5) is 6.66. The van der Waals surface area contributed by atoms with E-state index < -0.39 is 0 Å². The average molecular weight is 277 g/mol. The van der Waals surface area contributed by atoms with Crippen LogP contribution in [0.1, 0.15) is 46.6 Å². The second-order valence-corrected chi connectivity index (χ2v) is 6.62. The second kappa shape index (κ2) is 8.25. The molecule has 0 radical (unpaired) electrons. The highest BCUT2D eigenvalue weighted by atomic mass is 15.1. The van der Waals surface area contributed by atoms with E-state index in [0.717, 1.165) is 19.0 Å². The summed E-state index contributed by atoms with van der Waals surface area (Å²) in [6.45, 7) is 13.2. The minimum Gasteiger partial charge on any atom is -0.372 e. The van der Waals surface area contributed by atoms with Crippen LogP contribution in [0.5, 0.6) is 0 Å². The fourth-order valence-corrected chi connectivity index (χ4v) is 2.47. The molecule has 0 spiro atoms. The van der Waals surface area contributed by atoms with Crippen molar-refractivity contribution in [3.63, 3.8) is 0 Å². The first-order valence-electron chi connectivity index (χ1n) is 7.78. The van der Waals surface area contributed by atoms with Gasteiger partial charge in [-0.15, -0.1) is 0 Å². The lowest BCUT2D eigenvalue weighted by molar-refractivity contribution is 0.502. The van der Waals surface area contributed by atoms with Crippen molar-refractivity contribution >= 4 is 5.69 Å². The van der Waals surface area contributed by atoms with E-state index in [0.29, 0.717) is 12.0 Å². The van der Waals surface area contributed by atoms with Crippen molar-refractivity contribution in [1.82, 2.24) is 10.3 Å². The third-order valence-corrected chi connectivity index (χ3v) is 3.60. The van der Waals surface area contributed by atoms with Gasteiger partial charge < -0.3 is 10.2 Å². The minimum absolute atomic E-state index is 0.543. The molecular weight excluding hydrogens is 246 g/mol. The van der Waals surface area contributed by atoms with E-state index in [1.807, 2.05) is 12.4 Å². The van der Waals surface area contributed by atoms with Crippen LogP contribution in [0.4, 0.5) is 5.69 Å². The summed E-state index contributed by atoms with van der Waals surface area (Å²) in [6.07, 6.45) is 5.08. The Morgan fingerprint density at radius 3 is 2.45 bits per heavy atom. The van der Waals surface area contributed by atoms with Crippen molar-refractivity contribution in [2.75, 3.05) is 18.5 Å². The van der Waals surface area contributed by atoms with Crippen molar-refractivity contribution < 1.29 is 0 Å². The normalized spacial score (nSPS) is 13.0. The van der Waals surface area contributed by atoms with E-state index >= 15 is 0 Å². The molecule has 1 unspecified atom stereocenters. The van der Waals surface area contributed by atoms with E-state index in [9.17, 15) is 0 Å². The molecule has 0 amide bonds. The van der Waals surface area contributed by atoms with Gasteiger partial charge in [0.25, 0.3) is 0 Å². The molecule has 0 aliphatic heterocycles. The highest BCUT2D eigenvalue weighted by Gasteiger charge is 2.14. The van der Waals surface area contributed by atoms with Gasteiger partial charge in [-0.2, -0.15) is 0 Å². The molecule has 1 N–H and O–H groups in total. The first-order valence-corrected chi connectivity index (χ1v) is 7.78. The number of pyridine rings is 1. The minimum atomic E-state index is 0.543. The number of hydrogen-bond donors (Lipinski definition) is 1. The van der Waals surface area contributed by atoms with Crippen molar-refractivity contribution in [2.24, 2.45) is 11.8 Å². The Morgan fingerprint density at radius 2 is 1.85 bits per heavy atom. The van der Waals surface area contributed by atoms with Crippen LogP contribution in [0, 0.1) is 11.8 Å². The molecule has 0 aromatic carbocycles. The molecule has 0 fully saturated rings. The Labute approximate surface area is 124 Å². The van der Waals surface area contributed by atoms with Crippen LogP contribution < -0.4 is 10.2 Å². The van der Waals surface area contributed by atoms with Crippen molar-refractivity contribution in [3.8, 4) is 0 Å². The largest absolute Gasteiger partial charge is 0.372 e. The summed E-state index contributed by atoms with van der Waals surface area (Å²) < 4.78 is 0. The fourth-order valence-electron chi connectivity index (χ4n) is 2.47. The molecule has 3 heteroatoms. The lowest BCUT2D eigenvalue weighted by Gasteiger charge is -2.30. The van der Waals surface area contributed by atoms with Crippen molar-refractivity contribution in [3.05, 3.63) is 24.0 Å². The van der Waals surface area contributed by atoms with Gasteiger partial charge in [0.15, 0.2) is 0 Å². The van der Waals surface area contributed by atoms with E-state index in [-0.39, 0.29) is 0 Å².